The molecule has 0 atom stereocenters. The standard InChI is InChI=1S/C10H14FN3/c1-4-14(3)7-12-9-5-6-10(11)13-8(9)2/h5-7H,4H2,1-3H3. The second-order valence-corrected chi connectivity index (χ2v) is 3.06. The lowest BCUT2D eigenvalue weighted by molar-refractivity contribution is 0.551. The van der Waals surface area contributed by atoms with Gasteiger partial charge in [0.25, 0.3) is 0 Å². The second-order valence-electron chi connectivity index (χ2n) is 3.06. The third-order valence-corrected chi connectivity index (χ3v) is 1.92. The average molecular weight is 195 g/mol. The van der Waals surface area contributed by atoms with E-state index in [1.807, 2.05) is 18.9 Å². The first-order valence-electron chi connectivity index (χ1n) is 4.51. The number of hydrogen-bond acceptors (Lipinski definition) is 2. The van der Waals surface area contributed by atoms with Gasteiger partial charge in [0, 0.05) is 13.6 Å². The second kappa shape index (κ2) is 4.69. The molecule has 1 heterocycles. The first-order valence-corrected chi connectivity index (χ1v) is 4.51. The maximum atomic E-state index is 12.6. The van der Waals surface area contributed by atoms with E-state index >= 15 is 0 Å². The molecule has 0 unspecified atom stereocenters. The lowest BCUT2D eigenvalue weighted by atomic mass is 10.3. The first kappa shape index (κ1) is 10.6. The summed E-state index contributed by atoms with van der Waals surface area (Å²) in [5.74, 6) is -0.467. The highest BCUT2D eigenvalue weighted by Crippen LogP contribution is 2.15. The Labute approximate surface area is 83.3 Å². The molecule has 0 amide bonds. The molecule has 0 aliphatic carbocycles. The van der Waals surface area contributed by atoms with E-state index in [1.54, 1.807) is 19.3 Å². The van der Waals surface area contributed by atoms with Crippen LogP contribution in [0.1, 0.15) is 12.6 Å². The number of rotatable bonds is 3. The van der Waals surface area contributed by atoms with Crippen molar-refractivity contribution in [2.45, 2.75) is 13.8 Å². The summed E-state index contributed by atoms with van der Waals surface area (Å²) in [7, 11) is 1.93. The Kier molecular flexibility index (Phi) is 3.56. The highest BCUT2D eigenvalue weighted by Gasteiger charge is 1.98. The number of aromatic nitrogens is 1. The molecule has 0 aliphatic rings. The third kappa shape index (κ3) is 2.80. The zero-order valence-corrected chi connectivity index (χ0v) is 8.66. The van der Waals surface area contributed by atoms with Crippen molar-refractivity contribution in [3.05, 3.63) is 23.8 Å². The quantitative estimate of drug-likeness (QED) is 0.420. The fraction of sp³-hybridized carbons (Fsp3) is 0.400. The molecule has 76 valence electrons. The summed E-state index contributed by atoms with van der Waals surface area (Å²) in [5, 5.41) is 0. The van der Waals surface area contributed by atoms with Gasteiger partial charge in [-0.25, -0.2) is 9.98 Å². The summed E-state index contributed by atoms with van der Waals surface area (Å²) < 4.78 is 12.6. The Bertz CT molecular complexity index is 336. The van der Waals surface area contributed by atoms with E-state index in [4.69, 9.17) is 0 Å². The van der Waals surface area contributed by atoms with Crippen LogP contribution in [-0.2, 0) is 0 Å². The van der Waals surface area contributed by atoms with Gasteiger partial charge in [-0.15, -0.1) is 0 Å². The molecule has 0 N–H and O–H groups in total. The molecule has 0 bridgehead atoms. The Morgan fingerprint density at radius 2 is 2.29 bits per heavy atom. The van der Waals surface area contributed by atoms with Crippen LogP contribution in [0, 0.1) is 12.9 Å². The van der Waals surface area contributed by atoms with Gasteiger partial charge in [0.15, 0.2) is 0 Å². The molecule has 1 aromatic heterocycles. The number of pyridine rings is 1. The molecule has 3 nitrogen and oxygen atoms in total. The molecular formula is C10H14FN3. The summed E-state index contributed by atoms with van der Waals surface area (Å²) in [6, 6.07) is 2.93. The van der Waals surface area contributed by atoms with Gasteiger partial charge in [-0.1, -0.05) is 0 Å². The van der Waals surface area contributed by atoms with Gasteiger partial charge in [-0.3, -0.25) is 0 Å². The van der Waals surface area contributed by atoms with Crippen molar-refractivity contribution in [1.82, 2.24) is 9.88 Å². The van der Waals surface area contributed by atoms with Crippen LogP contribution in [0.3, 0.4) is 0 Å². The van der Waals surface area contributed by atoms with Crippen molar-refractivity contribution in [2.75, 3.05) is 13.6 Å². The van der Waals surface area contributed by atoms with E-state index in [0.717, 1.165) is 6.54 Å². The molecule has 1 aromatic rings. The summed E-state index contributed by atoms with van der Waals surface area (Å²) in [6.45, 7) is 4.65. The Hall–Kier alpha value is -1.45. The van der Waals surface area contributed by atoms with Crippen LogP contribution in [0.2, 0.25) is 0 Å². The summed E-state index contributed by atoms with van der Waals surface area (Å²) >= 11 is 0. The van der Waals surface area contributed by atoms with Crippen LogP contribution in [-0.4, -0.2) is 29.8 Å². The summed E-state index contributed by atoms with van der Waals surface area (Å²) in [4.78, 5) is 9.80. The predicted molar refractivity (Wildman–Crippen MR) is 55.4 cm³/mol. The number of aliphatic imine (C=N–C) groups is 1. The first-order chi connectivity index (χ1) is 6.63. The Morgan fingerprint density at radius 1 is 1.57 bits per heavy atom. The molecule has 1 rings (SSSR count). The van der Waals surface area contributed by atoms with E-state index in [9.17, 15) is 4.39 Å². The third-order valence-electron chi connectivity index (χ3n) is 1.92. The van der Waals surface area contributed by atoms with Crippen molar-refractivity contribution >= 4 is 12.0 Å². The Morgan fingerprint density at radius 3 is 2.86 bits per heavy atom. The summed E-state index contributed by atoms with van der Waals surface area (Å²) in [5.41, 5.74) is 1.30. The van der Waals surface area contributed by atoms with Crippen LogP contribution in [0.4, 0.5) is 10.1 Å². The van der Waals surface area contributed by atoms with Crippen LogP contribution in [0.5, 0.6) is 0 Å². The van der Waals surface area contributed by atoms with E-state index in [1.165, 1.54) is 6.07 Å². The van der Waals surface area contributed by atoms with Gasteiger partial charge in [-0.05, 0) is 26.0 Å². The van der Waals surface area contributed by atoms with Crippen LogP contribution >= 0.6 is 0 Å². The number of aryl methyl sites for hydroxylation is 1. The fourth-order valence-corrected chi connectivity index (χ4v) is 0.902. The fourth-order valence-electron chi connectivity index (χ4n) is 0.902. The molecule has 0 aliphatic heterocycles. The monoisotopic (exact) mass is 195 g/mol. The van der Waals surface area contributed by atoms with E-state index < -0.39 is 5.95 Å². The SMILES string of the molecule is CCN(C)C=Nc1ccc(F)nc1C. The van der Waals surface area contributed by atoms with E-state index in [-0.39, 0.29) is 0 Å². The maximum absolute atomic E-state index is 12.6. The molecule has 0 saturated carbocycles. The normalized spacial score (nSPS) is 10.9. The van der Waals surface area contributed by atoms with Crippen molar-refractivity contribution in [3.8, 4) is 0 Å². The van der Waals surface area contributed by atoms with Crippen molar-refractivity contribution in [2.24, 2.45) is 4.99 Å². The van der Waals surface area contributed by atoms with Crippen molar-refractivity contribution < 1.29 is 4.39 Å². The largest absolute Gasteiger partial charge is 0.366 e. The van der Waals surface area contributed by atoms with Gasteiger partial charge in [0.1, 0.15) is 0 Å². The lowest BCUT2D eigenvalue weighted by Crippen LogP contribution is -2.14. The van der Waals surface area contributed by atoms with Gasteiger partial charge >= 0.3 is 0 Å². The molecule has 0 saturated heterocycles. The summed E-state index contributed by atoms with van der Waals surface area (Å²) in [6.07, 6.45) is 1.71. The lowest BCUT2D eigenvalue weighted by Gasteiger charge is -2.08. The minimum absolute atomic E-state index is 0.467. The zero-order chi connectivity index (χ0) is 10.6. The van der Waals surface area contributed by atoms with Gasteiger partial charge < -0.3 is 4.90 Å². The molecule has 0 spiro atoms. The van der Waals surface area contributed by atoms with Crippen molar-refractivity contribution in [1.29, 1.82) is 0 Å². The smallest absolute Gasteiger partial charge is 0.213 e. The van der Waals surface area contributed by atoms with E-state index in [2.05, 4.69) is 9.98 Å². The van der Waals surface area contributed by atoms with E-state index in [0.29, 0.717) is 11.4 Å². The molecule has 0 radical (unpaired) electrons. The highest BCUT2D eigenvalue weighted by atomic mass is 19.1. The number of halogens is 1. The van der Waals surface area contributed by atoms with Crippen LogP contribution in [0.15, 0.2) is 17.1 Å². The van der Waals surface area contributed by atoms with Gasteiger partial charge in [0.2, 0.25) is 5.95 Å². The van der Waals surface area contributed by atoms with Crippen LogP contribution in [0.25, 0.3) is 0 Å². The molecule has 14 heavy (non-hydrogen) atoms. The minimum atomic E-state index is -0.467. The number of nitrogens with zero attached hydrogens (tertiary/aromatic N) is 3. The van der Waals surface area contributed by atoms with Crippen LogP contribution < -0.4 is 0 Å². The maximum Gasteiger partial charge on any atom is 0.213 e. The average Bonchev–Trinajstić information content (AvgIpc) is 2.16. The predicted octanol–water partition coefficient (Wildman–Crippen LogP) is 2.14. The number of hydrogen-bond donors (Lipinski definition) is 0. The molecular weight excluding hydrogens is 181 g/mol. The molecule has 0 fully saturated rings. The minimum Gasteiger partial charge on any atom is -0.366 e. The molecule has 0 aromatic carbocycles. The Balaban J connectivity index is 2.82. The topological polar surface area (TPSA) is 28.5 Å². The molecule has 4 heteroatoms. The van der Waals surface area contributed by atoms with Gasteiger partial charge in [-0.2, -0.15) is 4.39 Å². The zero-order valence-electron chi connectivity index (χ0n) is 8.66. The highest BCUT2D eigenvalue weighted by molar-refractivity contribution is 5.61. The van der Waals surface area contributed by atoms with Crippen molar-refractivity contribution in [3.63, 3.8) is 0 Å². The van der Waals surface area contributed by atoms with Gasteiger partial charge in [0.05, 0.1) is 17.7 Å².